The van der Waals surface area contributed by atoms with E-state index >= 15 is 0 Å². The van der Waals surface area contributed by atoms with E-state index in [1.165, 1.54) is 19.3 Å². The first kappa shape index (κ1) is 13.1. The predicted octanol–water partition coefficient (Wildman–Crippen LogP) is 4.06. The van der Waals surface area contributed by atoms with Gasteiger partial charge < -0.3 is 0 Å². The maximum atomic E-state index is 5.98. The van der Waals surface area contributed by atoms with Crippen molar-refractivity contribution in [2.75, 3.05) is 0 Å². The molecule has 0 N–H and O–H groups in total. The van der Waals surface area contributed by atoms with Crippen molar-refractivity contribution >= 4 is 7.85 Å². The molecule has 0 nitrogen and oxygen atoms in total. The van der Waals surface area contributed by atoms with E-state index in [4.69, 9.17) is 7.85 Å². The van der Waals surface area contributed by atoms with E-state index in [9.17, 15) is 0 Å². The molecule has 0 saturated carbocycles. The Balaban J connectivity index is 3.94. The molecule has 2 radical (unpaired) electrons. The van der Waals surface area contributed by atoms with Crippen molar-refractivity contribution in [3.05, 3.63) is 0 Å². The molecule has 0 aliphatic heterocycles. The van der Waals surface area contributed by atoms with Crippen molar-refractivity contribution in [1.29, 1.82) is 0 Å². The quantitative estimate of drug-likeness (QED) is 0.540. The Morgan fingerprint density at radius 1 is 1.08 bits per heavy atom. The molecule has 0 heterocycles. The second kappa shape index (κ2) is 6.51. The number of hydrogen-bond donors (Lipinski definition) is 0. The molecule has 0 aliphatic rings. The average Bonchev–Trinajstić information content (AvgIpc) is 1.99. The standard InChI is InChI=1S/C12H25B/c1-6-7-10(4)8-12(9(2)3)11(5)13/h9-12H,6-8H2,1-5H3. The lowest BCUT2D eigenvalue weighted by molar-refractivity contribution is 0.290. The van der Waals surface area contributed by atoms with Crippen molar-refractivity contribution in [3.63, 3.8) is 0 Å². The van der Waals surface area contributed by atoms with Gasteiger partial charge in [-0.15, -0.1) is 0 Å². The summed E-state index contributed by atoms with van der Waals surface area (Å²) in [7, 11) is 5.98. The lowest BCUT2D eigenvalue weighted by atomic mass is 9.69. The zero-order chi connectivity index (χ0) is 10.4. The van der Waals surface area contributed by atoms with Crippen LogP contribution in [0.4, 0.5) is 0 Å². The van der Waals surface area contributed by atoms with Crippen LogP contribution in [0.25, 0.3) is 0 Å². The first-order valence-electron chi connectivity index (χ1n) is 5.74. The van der Waals surface area contributed by atoms with E-state index in [0.29, 0.717) is 11.7 Å². The first-order chi connectivity index (χ1) is 5.99. The molecule has 0 spiro atoms. The molecule has 0 aromatic heterocycles. The lowest BCUT2D eigenvalue weighted by Crippen LogP contribution is -2.17. The molecule has 0 rings (SSSR count). The van der Waals surface area contributed by atoms with Crippen molar-refractivity contribution < 1.29 is 0 Å². The first-order valence-corrected chi connectivity index (χ1v) is 5.74. The van der Waals surface area contributed by atoms with Gasteiger partial charge in [-0.2, -0.15) is 0 Å². The number of rotatable bonds is 6. The third kappa shape index (κ3) is 5.39. The Morgan fingerprint density at radius 3 is 1.92 bits per heavy atom. The van der Waals surface area contributed by atoms with Crippen molar-refractivity contribution in [1.82, 2.24) is 0 Å². The van der Waals surface area contributed by atoms with E-state index in [2.05, 4.69) is 34.6 Å². The Hall–Kier alpha value is 0.0649. The summed E-state index contributed by atoms with van der Waals surface area (Å²) in [5.41, 5.74) is 0. The minimum absolute atomic E-state index is 0.347. The molecule has 0 amide bonds. The van der Waals surface area contributed by atoms with Gasteiger partial charge in [-0.1, -0.05) is 53.3 Å². The van der Waals surface area contributed by atoms with Crippen LogP contribution in [0.3, 0.4) is 0 Å². The fourth-order valence-electron chi connectivity index (χ4n) is 2.17. The van der Waals surface area contributed by atoms with Crippen LogP contribution in [-0.4, -0.2) is 7.85 Å². The van der Waals surface area contributed by atoms with Crippen LogP contribution >= 0.6 is 0 Å². The fourth-order valence-corrected chi connectivity index (χ4v) is 2.17. The highest BCUT2D eigenvalue weighted by atomic mass is 14.2. The van der Waals surface area contributed by atoms with Gasteiger partial charge in [0, 0.05) is 0 Å². The van der Waals surface area contributed by atoms with Crippen LogP contribution in [0.5, 0.6) is 0 Å². The van der Waals surface area contributed by atoms with Gasteiger partial charge in [-0.25, -0.2) is 0 Å². The zero-order valence-corrected chi connectivity index (χ0v) is 10.0. The average molecular weight is 180 g/mol. The lowest BCUT2D eigenvalue weighted by Gasteiger charge is -2.28. The van der Waals surface area contributed by atoms with Gasteiger partial charge in [0.15, 0.2) is 0 Å². The minimum Gasteiger partial charge on any atom is -0.0771 e. The second-order valence-electron chi connectivity index (χ2n) is 4.90. The van der Waals surface area contributed by atoms with Crippen LogP contribution in [0.15, 0.2) is 0 Å². The highest BCUT2D eigenvalue weighted by Gasteiger charge is 2.19. The largest absolute Gasteiger partial charge is 0.0771 e. The molecule has 0 aliphatic carbocycles. The van der Waals surface area contributed by atoms with Gasteiger partial charge in [-0.05, 0) is 24.2 Å². The van der Waals surface area contributed by atoms with Crippen LogP contribution in [0.1, 0.15) is 53.9 Å². The third-order valence-corrected chi connectivity index (χ3v) is 2.99. The minimum atomic E-state index is 0.347. The molecular formula is C12H25B. The molecular weight excluding hydrogens is 155 g/mol. The fraction of sp³-hybridized carbons (Fsp3) is 1.00. The summed E-state index contributed by atoms with van der Waals surface area (Å²) in [5, 5.41) is 0. The normalized spacial score (nSPS) is 18.6. The van der Waals surface area contributed by atoms with E-state index < -0.39 is 0 Å². The Bertz CT molecular complexity index is 110. The Labute approximate surface area is 85.9 Å². The van der Waals surface area contributed by atoms with Crippen molar-refractivity contribution in [2.24, 2.45) is 17.8 Å². The van der Waals surface area contributed by atoms with Crippen LogP contribution in [0.2, 0.25) is 5.82 Å². The molecule has 0 aromatic rings. The van der Waals surface area contributed by atoms with E-state index in [-0.39, 0.29) is 0 Å². The van der Waals surface area contributed by atoms with Crippen LogP contribution in [0, 0.1) is 17.8 Å². The van der Waals surface area contributed by atoms with Gasteiger partial charge in [-0.3, -0.25) is 0 Å². The Morgan fingerprint density at radius 2 is 1.62 bits per heavy atom. The molecule has 1 heteroatoms. The van der Waals surface area contributed by atoms with E-state index in [1.54, 1.807) is 0 Å². The second-order valence-corrected chi connectivity index (χ2v) is 4.90. The summed E-state index contributed by atoms with van der Waals surface area (Å²) in [4.78, 5) is 0. The van der Waals surface area contributed by atoms with Gasteiger partial charge in [0.1, 0.15) is 0 Å². The summed E-state index contributed by atoms with van der Waals surface area (Å²) in [6.07, 6.45) is 3.93. The molecule has 3 atom stereocenters. The van der Waals surface area contributed by atoms with Gasteiger partial charge in [0.2, 0.25) is 0 Å². The molecule has 76 valence electrons. The SMILES string of the molecule is [B]C(C)C(CC(C)CCC)C(C)C. The van der Waals surface area contributed by atoms with Crippen LogP contribution in [-0.2, 0) is 0 Å². The Kier molecular flexibility index (Phi) is 6.54. The summed E-state index contributed by atoms with van der Waals surface area (Å²) in [6.45, 7) is 11.3. The molecule has 0 aromatic carbocycles. The zero-order valence-electron chi connectivity index (χ0n) is 10.0. The molecule has 13 heavy (non-hydrogen) atoms. The van der Waals surface area contributed by atoms with Crippen molar-refractivity contribution in [2.45, 2.75) is 59.7 Å². The number of hydrogen-bond acceptors (Lipinski definition) is 0. The molecule has 3 unspecified atom stereocenters. The summed E-state index contributed by atoms with van der Waals surface area (Å²) in [6, 6.07) is 0. The van der Waals surface area contributed by atoms with Gasteiger partial charge in [0.05, 0.1) is 7.85 Å². The maximum absolute atomic E-state index is 5.98. The van der Waals surface area contributed by atoms with E-state index in [0.717, 1.165) is 11.8 Å². The predicted molar refractivity (Wildman–Crippen MR) is 62.2 cm³/mol. The molecule has 0 saturated heterocycles. The van der Waals surface area contributed by atoms with Gasteiger partial charge >= 0.3 is 0 Å². The highest BCUT2D eigenvalue weighted by molar-refractivity contribution is 6.11. The third-order valence-electron chi connectivity index (χ3n) is 2.99. The smallest absolute Gasteiger partial charge is 0.0699 e. The summed E-state index contributed by atoms with van der Waals surface area (Å²) >= 11 is 0. The molecule has 0 fully saturated rings. The van der Waals surface area contributed by atoms with Crippen molar-refractivity contribution in [3.8, 4) is 0 Å². The topological polar surface area (TPSA) is 0 Å². The van der Waals surface area contributed by atoms with E-state index in [1.807, 2.05) is 0 Å². The summed E-state index contributed by atoms with van der Waals surface area (Å²) < 4.78 is 0. The highest BCUT2D eigenvalue weighted by Crippen LogP contribution is 2.30. The monoisotopic (exact) mass is 180 g/mol. The van der Waals surface area contributed by atoms with Gasteiger partial charge in [0.25, 0.3) is 0 Å². The van der Waals surface area contributed by atoms with Crippen LogP contribution < -0.4 is 0 Å². The maximum Gasteiger partial charge on any atom is 0.0699 e. The summed E-state index contributed by atoms with van der Waals surface area (Å²) in [5.74, 6) is 2.60. The molecule has 0 bridgehead atoms.